The van der Waals surface area contributed by atoms with Crippen molar-refractivity contribution in [2.24, 2.45) is 5.10 Å². The molecule has 3 N–H and O–H groups in total. The fourth-order valence-corrected chi connectivity index (χ4v) is 3.62. The molecule has 0 aliphatic rings. The van der Waals surface area contributed by atoms with E-state index >= 15 is 0 Å². The number of hydrazone groups is 1. The molecule has 0 aliphatic carbocycles. The van der Waals surface area contributed by atoms with E-state index in [1.165, 1.54) is 30.6 Å². The highest BCUT2D eigenvalue weighted by Gasteiger charge is 2.13. The zero-order chi connectivity index (χ0) is 23.6. The van der Waals surface area contributed by atoms with Crippen LogP contribution in [-0.4, -0.2) is 44.9 Å². The monoisotopic (exact) mass is 466 g/mol. The van der Waals surface area contributed by atoms with Gasteiger partial charge in [-0.1, -0.05) is 41.6 Å². The maximum atomic E-state index is 12.2. The SMILES string of the molecule is C=CCn1c(CNc2ccc(C)cc2)nnc1SCC(=O)NN=Cc1cccc(OC)c1O. The first-order chi connectivity index (χ1) is 16.0. The van der Waals surface area contributed by atoms with Crippen molar-refractivity contribution in [2.75, 3.05) is 18.2 Å². The average Bonchev–Trinajstić information content (AvgIpc) is 3.20. The second-order valence-corrected chi connectivity index (χ2v) is 7.94. The lowest BCUT2D eigenvalue weighted by atomic mass is 10.2. The van der Waals surface area contributed by atoms with E-state index in [9.17, 15) is 9.90 Å². The minimum atomic E-state index is -0.314. The van der Waals surface area contributed by atoms with E-state index in [2.05, 4.69) is 32.6 Å². The topological polar surface area (TPSA) is 114 Å². The van der Waals surface area contributed by atoms with Gasteiger partial charge < -0.3 is 19.7 Å². The zero-order valence-electron chi connectivity index (χ0n) is 18.5. The van der Waals surface area contributed by atoms with Gasteiger partial charge in [-0.2, -0.15) is 5.10 Å². The number of hydrogen-bond acceptors (Lipinski definition) is 8. The Balaban J connectivity index is 1.56. The third kappa shape index (κ3) is 6.59. The van der Waals surface area contributed by atoms with Crippen LogP contribution in [0, 0.1) is 6.92 Å². The lowest BCUT2D eigenvalue weighted by molar-refractivity contribution is -0.118. The van der Waals surface area contributed by atoms with Crippen LogP contribution in [0.1, 0.15) is 17.0 Å². The first-order valence-electron chi connectivity index (χ1n) is 10.2. The van der Waals surface area contributed by atoms with E-state index in [0.29, 0.717) is 29.6 Å². The van der Waals surface area contributed by atoms with Crippen LogP contribution in [0.15, 0.2) is 65.4 Å². The molecule has 1 aromatic heterocycles. The molecule has 0 atom stereocenters. The molecule has 3 aromatic rings. The summed E-state index contributed by atoms with van der Waals surface area (Å²) >= 11 is 1.25. The van der Waals surface area contributed by atoms with Crippen molar-refractivity contribution in [1.82, 2.24) is 20.2 Å². The Kier molecular flexibility index (Phi) is 8.48. The number of amides is 1. The molecule has 0 unspecified atom stereocenters. The molecule has 0 spiro atoms. The van der Waals surface area contributed by atoms with Crippen LogP contribution in [0.4, 0.5) is 5.69 Å². The van der Waals surface area contributed by atoms with Gasteiger partial charge in [0.2, 0.25) is 0 Å². The maximum absolute atomic E-state index is 12.2. The molecule has 3 rings (SSSR count). The van der Waals surface area contributed by atoms with Gasteiger partial charge in [0.25, 0.3) is 5.91 Å². The highest BCUT2D eigenvalue weighted by atomic mass is 32.2. The number of phenols is 1. The van der Waals surface area contributed by atoms with Crippen molar-refractivity contribution in [3.63, 3.8) is 0 Å². The Hall–Kier alpha value is -3.79. The average molecular weight is 467 g/mol. The number of aromatic hydroxyl groups is 1. The van der Waals surface area contributed by atoms with E-state index in [-0.39, 0.29) is 17.4 Å². The summed E-state index contributed by atoms with van der Waals surface area (Å²) < 4.78 is 6.96. The quantitative estimate of drug-likeness (QED) is 0.172. The predicted octanol–water partition coefficient (Wildman–Crippen LogP) is 3.34. The van der Waals surface area contributed by atoms with E-state index in [1.54, 1.807) is 24.3 Å². The van der Waals surface area contributed by atoms with Gasteiger partial charge in [0.05, 0.1) is 25.6 Å². The number of anilines is 1. The number of para-hydroxylation sites is 1. The number of rotatable bonds is 11. The Morgan fingerprint density at radius 2 is 2.06 bits per heavy atom. The summed E-state index contributed by atoms with van der Waals surface area (Å²) in [6.07, 6.45) is 3.11. The van der Waals surface area contributed by atoms with E-state index < -0.39 is 0 Å². The maximum Gasteiger partial charge on any atom is 0.250 e. The van der Waals surface area contributed by atoms with Gasteiger partial charge >= 0.3 is 0 Å². The summed E-state index contributed by atoms with van der Waals surface area (Å²) in [7, 11) is 1.46. The lowest BCUT2D eigenvalue weighted by Gasteiger charge is -2.09. The Morgan fingerprint density at radius 3 is 2.79 bits per heavy atom. The third-order valence-electron chi connectivity index (χ3n) is 4.58. The van der Waals surface area contributed by atoms with Crippen molar-refractivity contribution in [1.29, 1.82) is 0 Å². The first kappa shape index (κ1) is 23.9. The Bertz CT molecular complexity index is 1130. The number of hydrogen-bond donors (Lipinski definition) is 3. The van der Waals surface area contributed by atoms with Crippen LogP contribution in [0.5, 0.6) is 11.5 Å². The number of thioether (sulfide) groups is 1. The van der Waals surface area contributed by atoms with Crippen LogP contribution >= 0.6 is 11.8 Å². The number of phenolic OH excluding ortho intramolecular Hbond substituents is 1. The summed E-state index contributed by atoms with van der Waals surface area (Å²) in [5, 5.41) is 26.4. The number of allylic oxidation sites excluding steroid dienone is 1. The van der Waals surface area contributed by atoms with Gasteiger partial charge in [0, 0.05) is 17.8 Å². The van der Waals surface area contributed by atoms with Gasteiger partial charge in [-0.05, 0) is 31.2 Å². The number of ether oxygens (including phenoxy) is 1. The molecule has 0 radical (unpaired) electrons. The van der Waals surface area contributed by atoms with Crippen LogP contribution in [0.3, 0.4) is 0 Å². The molecule has 9 nitrogen and oxygen atoms in total. The summed E-state index contributed by atoms with van der Waals surface area (Å²) in [5.41, 5.74) is 5.05. The number of nitrogens with zero attached hydrogens (tertiary/aromatic N) is 4. The number of carbonyl (C=O) groups excluding carboxylic acids is 1. The standard InChI is InChI=1S/C23H26N6O3S/c1-4-12-29-20(14-24-18-10-8-16(2)9-11-18)26-28-23(29)33-15-21(30)27-25-13-17-6-5-7-19(32-3)22(17)31/h4-11,13,24,31H,1,12,14-15H2,2-3H3,(H,27,30). The fourth-order valence-electron chi connectivity index (χ4n) is 2.87. The highest BCUT2D eigenvalue weighted by molar-refractivity contribution is 7.99. The molecule has 0 aliphatic heterocycles. The summed E-state index contributed by atoms with van der Waals surface area (Å²) in [4.78, 5) is 12.2. The fraction of sp³-hybridized carbons (Fsp3) is 0.217. The summed E-state index contributed by atoms with van der Waals surface area (Å²) in [5.74, 6) is 0.810. The number of benzene rings is 2. The molecule has 2 aromatic carbocycles. The highest BCUT2D eigenvalue weighted by Crippen LogP contribution is 2.28. The van der Waals surface area contributed by atoms with Gasteiger partial charge in [-0.15, -0.1) is 16.8 Å². The van der Waals surface area contributed by atoms with Crippen molar-refractivity contribution < 1.29 is 14.6 Å². The van der Waals surface area contributed by atoms with Gasteiger partial charge in [-0.3, -0.25) is 4.79 Å². The first-order valence-corrected chi connectivity index (χ1v) is 11.1. The number of carbonyl (C=O) groups is 1. The smallest absolute Gasteiger partial charge is 0.250 e. The molecular weight excluding hydrogens is 440 g/mol. The molecular formula is C23H26N6O3S. The van der Waals surface area contributed by atoms with E-state index in [4.69, 9.17) is 4.74 Å². The Morgan fingerprint density at radius 1 is 1.27 bits per heavy atom. The second-order valence-electron chi connectivity index (χ2n) is 7.00. The molecule has 0 saturated heterocycles. The van der Waals surface area contributed by atoms with E-state index in [1.807, 2.05) is 35.8 Å². The molecule has 1 heterocycles. The third-order valence-corrected chi connectivity index (χ3v) is 5.55. The predicted molar refractivity (Wildman–Crippen MR) is 130 cm³/mol. The minimum absolute atomic E-state index is 0.0447. The molecule has 1 amide bonds. The molecule has 0 fully saturated rings. The molecule has 0 bridgehead atoms. The number of methoxy groups -OCH3 is 1. The number of nitrogens with one attached hydrogen (secondary N) is 2. The van der Waals surface area contributed by atoms with Crippen molar-refractivity contribution in [3.05, 3.63) is 72.1 Å². The Labute approximate surface area is 196 Å². The van der Waals surface area contributed by atoms with Crippen LogP contribution in [-0.2, 0) is 17.9 Å². The number of aromatic nitrogens is 3. The van der Waals surface area contributed by atoms with Crippen molar-refractivity contribution in [3.8, 4) is 11.5 Å². The van der Waals surface area contributed by atoms with Crippen LogP contribution in [0.25, 0.3) is 0 Å². The largest absolute Gasteiger partial charge is 0.504 e. The minimum Gasteiger partial charge on any atom is -0.504 e. The van der Waals surface area contributed by atoms with Crippen LogP contribution in [0.2, 0.25) is 0 Å². The normalized spacial score (nSPS) is 10.8. The summed E-state index contributed by atoms with van der Waals surface area (Å²) in [6.45, 7) is 6.85. The number of aryl methyl sites for hydroxylation is 1. The zero-order valence-corrected chi connectivity index (χ0v) is 19.3. The van der Waals surface area contributed by atoms with Gasteiger partial charge in [-0.25, -0.2) is 5.43 Å². The molecule has 0 saturated carbocycles. The van der Waals surface area contributed by atoms with Crippen molar-refractivity contribution >= 4 is 29.6 Å². The molecule has 33 heavy (non-hydrogen) atoms. The second kappa shape index (κ2) is 11.7. The van der Waals surface area contributed by atoms with Crippen LogP contribution < -0.4 is 15.5 Å². The molecule has 172 valence electrons. The van der Waals surface area contributed by atoms with Gasteiger partial charge in [0.15, 0.2) is 22.5 Å². The molecule has 10 heteroatoms. The lowest BCUT2D eigenvalue weighted by Crippen LogP contribution is -2.20. The van der Waals surface area contributed by atoms with E-state index in [0.717, 1.165) is 11.5 Å². The van der Waals surface area contributed by atoms with Gasteiger partial charge in [0.1, 0.15) is 0 Å². The summed E-state index contributed by atoms with van der Waals surface area (Å²) in [6, 6.07) is 13.1. The van der Waals surface area contributed by atoms with Crippen molar-refractivity contribution in [2.45, 2.75) is 25.2 Å².